The van der Waals surface area contributed by atoms with Gasteiger partial charge in [0.2, 0.25) is 0 Å². The molecule has 1 aromatic carbocycles. The molecule has 1 saturated heterocycles. The predicted octanol–water partition coefficient (Wildman–Crippen LogP) is 2.58. The van der Waals surface area contributed by atoms with Gasteiger partial charge in [-0.15, -0.1) is 0 Å². The summed E-state index contributed by atoms with van der Waals surface area (Å²) in [5.41, 5.74) is 6.92. The van der Waals surface area contributed by atoms with Crippen LogP contribution in [0.5, 0.6) is 0 Å². The van der Waals surface area contributed by atoms with Crippen molar-refractivity contribution in [2.75, 3.05) is 57.8 Å². The van der Waals surface area contributed by atoms with Crippen LogP contribution in [-0.2, 0) is 4.74 Å². The lowest BCUT2D eigenvalue weighted by atomic mass is 10.0. The van der Waals surface area contributed by atoms with Crippen molar-refractivity contribution >= 4 is 22.3 Å². The molecule has 0 spiro atoms. The highest BCUT2D eigenvalue weighted by Crippen LogP contribution is 2.26. The van der Waals surface area contributed by atoms with Crippen LogP contribution < -0.4 is 10.7 Å². The molecule has 2 N–H and O–H groups in total. The summed E-state index contributed by atoms with van der Waals surface area (Å²) in [6.45, 7) is 12.1. The second-order valence-electron chi connectivity index (χ2n) is 8.24. The van der Waals surface area contributed by atoms with Crippen molar-refractivity contribution in [2.45, 2.75) is 20.3 Å². The van der Waals surface area contributed by atoms with Crippen LogP contribution in [0, 0.1) is 5.92 Å². The molecule has 29 heavy (non-hydrogen) atoms. The molecular weight excluding hydrogens is 364 g/mol. The fourth-order valence-corrected chi connectivity index (χ4v) is 3.75. The summed E-state index contributed by atoms with van der Waals surface area (Å²) >= 11 is 0. The van der Waals surface area contributed by atoms with Gasteiger partial charge in [-0.25, -0.2) is 15.0 Å². The summed E-state index contributed by atoms with van der Waals surface area (Å²) in [6, 6.07) is 6.47. The first-order valence-electron chi connectivity index (χ1n) is 10.7. The Bertz CT molecular complexity index is 846. The molecule has 0 bridgehead atoms. The van der Waals surface area contributed by atoms with Crippen molar-refractivity contribution in [3.05, 3.63) is 36.3 Å². The van der Waals surface area contributed by atoms with Gasteiger partial charge in [0.25, 0.3) is 0 Å². The zero-order chi connectivity index (χ0) is 20.1. The van der Waals surface area contributed by atoms with Gasteiger partial charge in [-0.2, -0.15) is 0 Å². The van der Waals surface area contributed by atoms with Crippen molar-refractivity contribution in [3.8, 4) is 0 Å². The largest absolute Gasteiger partial charge is 0.379 e. The van der Waals surface area contributed by atoms with Crippen LogP contribution in [0.2, 0.25) is 0 Å². The van der Waals surface area contributed by atoms with Crippen molar-refractivity contribution in [3.63, 3.8) is 0 Å². The van der Waals surface area contributed by atoms with Crippen LogP contribution >= 0.6 is 0 Å². The third kappa shape index (κ3) is 5.23. The van der Waals surface area contributed by atoms with E-state index in [4.69, 9.17) is 4.74 Å². The third-order valence-electron chi connectivity index (χ3n) is 5.59. The summed E-state index contributed by atoms with van der Waals surface area (Å²) in [4.78, 5) is 11.4. The van der Waals surface area contributed by atoms with Crippen molar-refractivity contribution < 1.29 is 4.74 Å². The molecule has 7 nitrogen and oxygen atoms in total. The Hall–Kier alpha value is -2.22. The number of rotatable bonds is 8. The van der Waals surface area contributed by atoms with Gasteiger partial charge in [0.15, 0.2) is 0 Å². The molecule has 4 rings (SSSR count). The zero-order valence-corrected chi connectivity index (χ0v) is 17.5. The highest BCUT2D eigenvalue weighted by Gasteiger charge is 2.18. The van der Waals surface area contributed by atoms with Crippen LogP contribution in [-0.4, -0.2) is 72.4 Å². The minimum absolute atomic E-state index is 0.671. The molecule has 156 valence electrons. The summed E-state index contributed by atoms with van der Waals surface area (Å²) in [7, 11) is 0. The molecule has 7 heteroatoms. The number of hydrazine groups is 1. The van der Waals surface area contributed by atoms with E-state index in [-0.39, 0.29) is 0 Å². The van der Waals surface area contributed by atoms with Gasteiger partial charge in [0, 0.05) is 50.9 Å². The number of anilines is 1. The number of fused-ring (bicyclic) bond motifs is 1. The average Bonchev–Trinajstić information content (AvgIpc) is 3.22. The van der Waals surface area contributed by atoms with Crippen molar-refractivity contribution in [2.24, 2.45) is 5.92 Å². The first-order chi connectivity index (χ1) is 14.2. The van der Waals surface area contributed by atoms with Gasteiger partial charge in [0.05, 0.1) is 18.7 Å². The molecule has 2 aliphatic heterocycles. The normalized spacial score (nSPS) is 18.2. The lowest BCUT2D eigenvalue weighted by Crippen LogP contribution is -2.43. The maximum Gasteiger partial charge on any atom is 0.137 e. The maximum atomic E-state index is 5.43. The van der Waals surface area contributed by atoms with E-state index in [1.165, 1.54) is 11.1 Å². The molecule has 2 aromatic rings. The van der Waals surface area contributed by atoms with Crippen LogP contribution in [0.15, 0.2) is 30.7 Å². The summed E-state index contributed by atoms with van der Waals surface area (Å²) in [5, 5.41) is 6.85. The van der Waals surface area contributed by atoms with Gasteiger partial charge < -0.3 is 15.5 Å². The minimum atomic E-state index is 0.671. The molecule has 0 amide bonds. The minimum Gasteiger partial charge on any atom is -0.379 e. The SMILES string of the molecule is CC(C)CCNc1ncnc2ccc(C3=CNN(CCN4CCOCC4)C3)cc12. The zero-order valence-electron chi connectivity index (χ0n) is 17.5. The number of benzene rings is 1. The molecule has 0 saturated carbocycles. The van der Waals surface area contributed by atoms with E-state index in [9.17, 15) is 0 Å². The second-order valence-corrected chi connectivity index (χ2v) is 8.24. The number of hydrogen-bond acceptors (Lipinski definition) is 7. The number of morpholine rings is 1. The van der Waals surface area contributed by atoms with Gasteiger partial charge in [-0.05, 0) is 35.6 Å². The number of nitrogens with zero attached hydrogens (tertiary/aromatic N) is 4. The molecule has 2 aliphatic rings. The topological polar surface area (TPSA) is 65.6 Å². The fourth-order valence-electron chi connectivity index (χ4n) is 3.75. The number of ether oxygens (including phenoxy) is 1. The Labute approximate surface area is 173 Å². The van der Waals surface area contributed by atoms with E-state index in [1.807, 2.05) is 0 Å². The smallest absolute Gasteiger partial charge is 0.137 e. The van der Waals surface area contributed by atoms with Crippen LogP contribution in [0.3, 0.4) is 0 Å². The average molecular weight is 397 g/mol. The van der Waals surface area contributed by atoms with Crippen LogP contribution in [0.1, 0.15) is 25.8 Å². The molecule has 0 unspecified atom stereocenters. The standard InChI is InChI=1S/C22H32N6O/c1-17(2)5-6-23-22-20-13-18(3-4-21(20)24-16-25-22)19-14-26-28(15-19)8-7-27-9-11-29-12-10-27/h3-4,13-14,16-17,26H,5-12,15H2,1-2H3,(H,23,24,25). The van der Waals surface area contributed by atoms with Crippen LogP contribution in [0.25, 0.3) is 16.5 Å². The molecular formula is C22H32N6O. The predicted molar refractivity (Wildman–Crippen MR) is 117 cm³/mol. The van der Waals surface area contributed by atoms with Gasteiger partial charge in [-0.3, -0.25) is 4.90 Å². The maximum absolute atomic E-state index is 5.43. The molecule has 1 aromatic heterocycles. The first-order valence-corrected chi connectivity index (χ1v) is 10.7. The van der Waals surface area contributed by atoms with E-state index < -0.39 is 0 Å². The quantitative estimate of drug-likeness (QED) is 0.711. The first kappa shape index (κ1) is 20.1. The molecule has 0 atom stereocenters. The highest BCUT2D eigenvalue weighted by atomic mass is 16.5. The Kier molecular flexibility index (Phi) is 6.59. The summed E-state index contributed by atoms with van der Waals surface area (Å²) in [5.74, 6) is 1.59. The molecule has 3 heterocycles. The number of hydrogen-bond donors (Lipinski definition) is 2. The molecule has 1 fully saturated rings. The lowest BCUT2D eigenvalue weighted by molar-refractivity contribution is 0.0327. The molecule has 0 radical (unpaired) electrons. The van der Waals surface area contributed by atoms with Gasteiger partial charge >= 0.3 is 0 Å². The second kappa shape index (κ2) is 9.52. The summed E-state index contributed by atoms with van der Waals surface area (Å²) < 4.78 is 5.43. The van der Waals surface area contributed by atoms with Crippen molar-refractivity contribution in [1.29, 1.82) is 0 Å². The third-order valence-corrected chi connectivity index (χ3v) is 5.59. The number of aromatic nitrogens is 2. The van der Waals surface area contributed by atoms with Gasteiger partial charge in [-0.1, -0.05) is 19.9 Å². The Morgan fingerprint density at radius 2 is 2.03 bits per heavy atom. The highest BCUT2D eigenvalue weighted by molar-refractivity contribution is 5.91. The Morgan fingerprint density at radius 1 is 1.17 bits per heavy atom. The van der Waals surface area contributed by atoms with E-state index in [0.717, 1.165) is 75.6 Å². The van der Waals surface area contributed by atoms with E-state index in [2.05, 4.69) is 68.9 Å². The van der Waals surface area contributed by atoms with E-state index >= 15 is 0 Å². The van der Waals surface area contributed by atoms with E-state index in [0.29, 0.717) is 5.92 Å². The van der Waals surface area contributed by atoms with Crippen LogP contribution in [0.4, 0.5) is 5.82 Å². The summed E-state index contributed by atoms with van der Waals surface area (Å²) in [6.07, 6.45) is 4.89. The van der Waals surface area contributed by atoms with E-state index in [1.54, 1.807) is 6.33 Å². The monoisotopic (exact) mass is 396 g/mol. The molecule has 0 aliphatic carbocycles. The Morgan fingerprint density at radius 3 is 2.86 bits per heavy atom. The lowest BCUT2D eigenvalue weighted by Gasteiger charge is -2.28. The fraction of sp³-hybridized carbons (Fsp3) is 0.545. The van der Waals surface area contributed by atoms with Crippen molar-refractivity contribution in [1.82, 2.24) is 25.3 Å². The number of nitrogens with one attached hydrogen (secondary N) is 2. The Balaban J connectivity index is 1.39. The van der Waals surface area contributed by atoms with Gasteiger partial charge in [0.1, 0.15) is 12.1 Å².